The van der Waals surface area contributed by atoms with Crippen molar-refractivity contribution in [2.24, 2.45) is 0 Å². The third-order valence-corrected chi connectivity index (χ3v) is 2.86. The van der Waals surface area contributed by atoms with E-state index in [1.807, 2.05) is 0 Å². The molecule has 0 unspecified atom stereocenters. The van der Waals surface area contributed by atoms with E-state index in [9.17, 15) is 9.18 Å². The number of halogens is 2. The Bertz CT molecular complexity index is 594. The maximum atomic E-state index is 12.8. The van der Waals surface area contributed by atoms with Crippen molar-refractivity contribution in [1.29, 1.82) is 0 Å². The van der Waals surface area contributed by atoms with Crippen LogP contribution in [0.15, 0.2) is 42.5 Å². The summed E-state index contributed by atoms with van der Waals surface area (Å²) in [6, 6.07) is 10.9. The monoisotopic (exact) mass is 278 g/mol. The molecule has 2 rings (SSSR count). The number of rotatable bonds is 4. The van der Waals surface area contributed by atoms with Gasteiger partial charge in [-0.15, -0.1) is 0 Å². The standard InChI is InChI=1S/C15H12ClFO2/c1-10(18)14-8-12(16)4-7-15(14)19-9-11-2-5-13(17)6-3-11/h2-8H,9H2,1H3. The van der Waals surface area contributed by atoms with Gasteiger partial charge in [-0.05, 0) is 42.8 Å². The minimum atomic E-state index is -0.292. The fraction of sp³-hybridized carbons (Fsp3) is 0.133. The van der Waals surface area contributed by atoms with Crippen LogP contribution in [-0.4, -0.2) is 5.78 Å². The first-order valence-corrected chi connectivity index (χ1v) is 6.12. The van der Waals surface area contributed by atoms with E-state index in [1.54, 1.807) is 30.3 Å². The third kappa shape index (κ3) is 3.55. The minimum Gasteiger partial charge on any atom is -0.488 e. The molecule has 2 aromatic rings. The van der Waals surface area contributed by atoms with Crippen LogP contribution in [0.4, 0.5) is 4.39 Å². The zero-order valence-corrected chi connectivity index (χ0v) is 11.1. The van der Waals surface area contributed by atoms with Crippen molar-refractivity contribution in [3.05, 3.63) is 64.4 Å². The van der Waals surface area contributed by atoms with E-state index in [0.29, 0.717) is 16.3 Å². The Hall–Kier alpha value is -1.87. The highest BCUT2D eigenvalue weighted by Gasteiger charge is 2.09. The molecule has 0 amide bonds. The van der Waals surface area contributed by atoms with E-state index in [2.05, 4.69) is 0 Å². The summed E-state index contributed by atoms with van der Waals surface area (Å²) in [5.41, 5.74) is 1.26. The van der Waals surface area contributed by atoms with Gasteiger partial charge in [-0.2, -0.15) is 0 Å². The topological polar surface area (TPSA) is 26.3 Å². The fourth-order valence-electron chi connectivity index (χ4n) is 1.64. The van der Waals surface area contributed by atoms with E-state index < -0.39 is 0 Å². The minimum absolute atomic E-state index is 0.114. The molecule has 0 saturated heterocycles. The number of Topliss-reactive ketones (excluding diaryl/α,β-unsaturated/α-hetero) is 1. The predicted molar refractivity (Wildman–Crippen MR) is 72.2 cm³/mol. The van der Waals surface area contributed by atoms with Gasteiger partial charge < -0.3 is 4.74 Å². The van der Waals surface area contributed by atoms with Gasteiger partial charge in [0.25, 0.3) is 0 Å². The average molecular weight is 279 g/mol. The zero-order chi connectivity index (χ0) is 13.8. The molecule has 0 spiro atoms. The molecule has 4 heteroatoms. The second-order valence-corrected chi connectivity index (χ2v) is 4.55. The van der Waals surface area contributed by atoms with Gasteiger partial charge >= 0.3 is 0 Å². The first-order chi connectivity index (χ1) is 9.06. The number of ether oxygens (including phenoxy) is 1. The lowest BCUT2D eigenvalue weighted by molar-refractivity contribution is 0.101. The largest absolute Gasteiger partial charge is 0.488 e. The summed E-state index contributed by atoms with van der Waals surface area (Å²) >= 11 is 5.85. The molecule has 0 bridgehead atoms. The second-order valence-electron chi connectivity index (χ2n) is 4.11. The first-order valence-electron chi connectivity index (χ1n) is 5.74. The first kappa shape index (κ1) is 13.6. The van der Waals surface area contributed by atoms with Crippen LogP contribution in [0.25, 0.3) is 0 Å². The molecule has 98 valence electrons. The summed E-state index contributed by atoms with van der Waals surface area (Å²) in [6.07, 6.45) is 0. The van der Waals surface area contributed by atoms with Gasteiger partial charge in [-0.25, -0.2) is 4.39 Å². The lowest BCUT2D eigenvalue weighted by Crippen LogP contribution is -2.01. The molecule has 0 fully saturated rings. The number of hydrogen-bond donors (Lipinski definition) is 0. The van der Waals surface area contributed by atoms with Crippen LogP contribution in [0.5, 0.6) is 5.75 Å². The Morgan fingerprint density at radius 1 is 1.21 bits per heavy atom. The van der Waals surface area contributed by atoms with Crippen LogP contribution in [-0.2, 0) is 6.61 Å². The van der Waals surface area contributed by atoms with Crippen molar-refractivity contribution in [3.8, 4) is 5.75 Å². The van der Waals surface area contributed by atoms with Crippen LogP contribution >= 0.6 is 11.6 Å². The van der Waals surface area contributed by atoms with E-state index >= 15 is 0 Å². The average Bonchev–Trinajstić information content (AvgIpc) is 2.39. The molecule has 0 N–H and O–H groups in total. The van der Waals surface area contributed by atoms with Crippen molar-refractivity contribution >= 4 is 17.4 Å². The number of ketones is 1. The molecule has 0 aliphatic rings. The van der Waals surface area contributed by atoms with Crippen molar-refractivity contribution in [1.82, 2.24) is 0 Å². The Balaban J connectivity index is 2.15. The Morgan fingerprint density at radius 2 is 1.89 bits per heavy atom. The van der Waals surface area contributed by atoms with E-state index in [4.69, 9.17) is 16.3 Å². The molecule has 0 saturated carbocycles. The molecule has 0 aliphatic carbocycles. The van der Waals surface area contributed by atoms with Gasteiger partial charge in [0, 0.05) is 5.02 Å². The lowest BCUT2D eigenvalue weighted by atomic mass is 10.1. The number of benzene rings is 2. The molecule has 2 aromatic carbocycles. The molecular weight excluding hydrogens is 267 g/mol. The smallest absolute Gasteiger partial charge is 0.163 e. The van der Waals surface area contributed by atoms with Crippen LogP contribution in [0.2, 0.25) is 5.02 Å². The third-order valence-electron chi connectivity index (χ3n) is 2.63. The Kier molecular flexibility index (Phi) is 4.17. The highest BCUT2D eigenvalue weighted by atomic mass is 35.5. The summed E-state index contributed by atoms with van der Waals surface area (Å²) in [4.78, 5) is 11.5. The van der Waals surface area contributed by atoms with Gasteiger partial charge in [0.05, 0.1) is 5.56 Å². The van der Waals surface area contributed by atoms with Crippen molar-refractivity contribution in [3.63, 3.8) is 0 Å². The lowest BCUT2D eigenvalue weighted by Gasteiger charge is -2.10. The number of hydrogen-bond acceptors (Lipinski definition) is 2. The van der Waals surface area contributed by atoms with Crippen LogP contribution in [0.1, 0.15) is 22.8 Å². The molecule has 0 radical (unpaired) electrons. The Morgan fingerprint density at radius 3 is 2.53 bits per heavy atom. The SMILES string of the molecule is CC(=O)c1cc(Cl)ccc1OCc1ccc(F)cc1. The Labute approximate surface area is 115 Å². The summed E-state index contributed by atoms with van der Waals surface area (Å²) in [5.74, 6) is 0.0671. The molecule has 0 heterocycles. The van der Waals surface area contributed by atoms with E-state index in [-0.39, 0.29) is 18.2 Å². The summed E-state index contributed by atoms with van der Waals surface area (Å²) in [6.45, 7) is 1.72. The van der Waals surface area contributed by atoms with Gasteiger partial charge in [-0.3, -0.25) is 4.79 Å². The van der Waals surface area contributed by atoms with E-state index in [0.717, 1.165) is 5.56 Å². The zero-order valence-electron chi connectivity index (χ0n) is 10.3. The van der Waals surface area contributed by atoms with Crippen LogP contribution in [0.3, 0.4) is 0 Å². The van der Waals surface area contributed by atoms with Crippen molar-refractivity contribution < 1.29 is 13.9 Å². The van der Waals surface area contributed by atoms with Crippen LogP contribution < -0.4 is 4.74 Å². The molecule has 0 aromatic heterocycles. The number of carbonyl (C=O) groups excluding carboxylic acids is 1. The quantitative estimate of drug-likeness (QED) is 0.781. The number of carbonyl (C=O) groups is 1. The van der Waals surface area contributed by atoms with Crippen LogP contribution in [0, 0.1) is 5.82 Å². The van der Waals surface area contributed by atoms with E-state index in [1.165, 1.54) is 19.1 Å². The maximum Gasteiger partial charge on any atom is 0.163 e. The highest BCUT2D eigenvalue weighted by molar-refractivity contribution is 6.31. The molecule has 0 aliphatic heterocycles. The van der Waals surface area contributed by atoms with Gasteiger partial charge in [-0.1, -0.05) is 23.7 Å². The maximum absolute atomic E-state index is 12.8. The highest BCUT2D eigenvalue weighted by Crippen LogP contribution is 2.24. The second kappa shape index (κ2) is 5.85. The predicted octanol–water partition coefficient (Wildman–Crippen LogP) is 4.26. The molecule has 0 atom stereocenters. The van der Waals surface area contributed by atoms with Crippen molar-refractivity contribution in [2.45, 2.75) is 13.5 Å². The fourth-order valence-corrected chi connectivity index (χ4v) is 1.82. The van der Waals surface area contributed by atoms with Gasteiger partial charge in [0.15, 0.2) is 5.78 Å². The normalized spacial score (nSPS) is 10.3. The summed E-state index contributed by atoms with van der Waals surface area (Å²) < 4.78 is 18.3. The summed E-state index contributed by atoms with van der Waals surface area (Å²) in [5, 5.41) is 0.485. The van der Waals surface area contributed by atoms with Crippen molar-refractivity contribution in [2.75, 3.05) is 0 Å². The molecule has 19 heavy (non-hydrogen) atoms. The summed E-state index contributed by atoms with van der Waals surface area (Å²) in [7, 11) is 0. The van der Waals surface area contributed by atoms with Gasteiger partial charge in [0.2, 0.25) is 0 Å². The molecular formula is C15H12ClFO2. The van der Waals surface area contributed by atoms with Gasteiger partial charge in [0.1, 0.15) is 18.2 Å². The molecule has 2 nitrogen and oxygen atoms in total.